The zero-order valence-electron chi connectivity index (χ0n) is 14.7. The van der Waals surface area contributed by atoms with Gasteiger partial charge in [0.1, 0.15) is 11.5 Å². The predicted molar refractivity (Wildman–Crippen MR) is 97.3 cm³/mol. The van der Waals surface area contributed by atoms with Crippen LogP contribution in [0.3, 0.4) is 0 Å². The van der Waals surface area contributed by atoms with E-state index < -0.39 is 5.97 Å². The zero-order valence-corrected chi connectivity index (χ0v) is 14.7. The first-order valence-electron chi connectivity index (χ1n) is 8.25. The molecule has 0 radical (unpaired) electrons. The van der Waals surface area contributed by atoms with E-state index in [9.17, 15) is 9.59 Å². The minimum atomic E-state index is -0.988. The zero-order chi connectivity index (χ0) is 18.4. The van der Waals surface area contributed by atoms with Crippen molar-refractivity contribution in [1.29, 1.82) is 0 Å². The smallest absolute Gasteiger partial charge is 0.303 e. The molecule has 0 aliphatic carbocycles. The van der Waals surface area contributed by atoms with Crippen LogP contribution in [-0.2, 0) is 9.59 Å². The molecule has 0 saturated heterocycles. The number of benzene rings is 2. The third-order valence-corrected chi connectivity index (χ3v) is 3.72. The number of ether oxygens (including phenoxy) is 1. The highest BCUT2D eigenvalue weighted by atomic mass is 16.5. The topological polar surface area (TPSA) is 75.6 Å². The molecule has 0 fully saturated rings. The molecule has 25 heavy (non-hydrogen) atoms. The lowest BCUT2D eigenvalue weighted by atomic mass is 10.0. The van der Waals surface area contributed by atoms with Crippen molar-refractivity contribution < 1.29 is 19.4 Å². The summed E-state index contributed by atoms with van der Waals surface area (Å²) < 4.78 is 6.00. The van der Waals surface area contributed by atoms with Crippen LogP contribution in [0.1, 0.15) is 43.7 Å². The number of aliphatic carboxylic acids is 1. The van der Waals surface area contributed by atoms with Gasteiger partial charge in [-0.25, -0.2) is 0 Å². The maximum absolute atomic E-state index is 11.6. The number of amides is 1. The number of hydrogen-bond acceptors (Lipinski definition) is 3. The minimum Gasteiger partial charge on any atom is -0.481 e. The van der Waals surface area contributed by atoms with Crippen molar-refractivity contribution in [3.8, 4) is 11.5 Å². The molecule has 1 amide bonds. The van der Waals surface area contributed by atoms with E-state index in [1.807, 2.05) is 13.0 Å². The van der Waals surface area contributed by atoms with Crippen molar-refractivity contribution in [2.75, 3.05) is 5.32 Å². The van der Waals surface area contributed by atoms with Crippen LogP contribution >= 0.6 is 0 Å². The average Bonchev–Trinajstić information content (AvgIpc) is 2.54. The lowest BCUT2D eigenvalue weighted by Crippen LogP contribution is -2.13. The fraction of sp³-hybridized carbons (Fsp3) is 0.300. The molecule has 0 aliphatic heterocycles. The second kappa shape index (κ2) is 8.33. The van der Waals surface area contributed by atoms with Crippen molar-refractivity contribution in [3.63, 3.8) is 0 Å². The van der Waals surface area contributed by atoms with Gasteiger partial charge in [0, 0.05) is 12.1 Å². The summed E-state index contributed by atoms with van der Waals surface area (Å²) >= 11 is 0. The van der Waals surface area contributed by atoms with Crippen LogP contribution in [0, 0.1) is 6.92 Å². The number of carbonyl (C=O) groups is 2. The Morgan fingerprint density at radius 2 is 1.76 bits per heavy atom. The Balaban J connectivity index is 2.05. The minimum absolute atomic E-state index is 0.0470. The molecule has 0 aromatic heterocycles. The van der Waals surface area contributed by atoms with E-state index in [2.05, 4.69) is 31.3 Å². The first kappa shape index (κ1) is 18.5. The van der Waals surface area contributed by atoms with E-state index >= 15 is 0 Å². The summed E-state index contributed by atoms with van der Waals surface area (Å²) in [6, 6.07) is 13.2. The quantitative estimate of drug-likeness (QED) is 0.764. The van der Waals surface area contributed by atoms with Gasteiger partial charge in [-0.15, -0.1) is 0 Å². The van der Waals surface area contributed by atoms with Gasteiger partial charge in [0.25, 0.3) is 0 Å². The largest absolute Gasteiger partial charge is 0.481 e. The first-order valence-corrected chi connectivity index (χ1v) is 8.25. The number of aryl methyl sites for hydroxylation is 1. The number of anilines is 1. The van der Waals surface area contributed by atoms with Crippen LogP contribution in [-0.4, -0.2) is 17.0 Å². The van der Waals surface area contributed by atoms with Gasteiger partial charge in [-0.2, -0.15) is 0 Å². The van der Waals surface area contributed by atoms with Crippen LogP contribution in [0.4, 0.5) is 5.69 Å². The maximum atomic E-state index is 11.6. The number of hydrogen-bond donors (Lipinski definition) is 2. The Kier molecular flexibility index (Phi) is 6.17. The fourth-order valence-corrected chi connectivity index (χ4v) is 2.38. The van der Waals surface area contributed by atoms with E-state index in [-0.39, 0.29) is 18.7 Å². The number of rotatable bonds is 7. The molecule has 2 aromatic rings. The van der Waals surface area contributed by atoms with Gasteiger partial charge in [0.2, 0.25) is 5.91 Å². The molecule has 132 valence electrons. The molecule has 0 spiro atoms. The number of carbonyl (C=O) groups excluding carboxylic acids is 1. The molecule has 0 aliphatic rings. The average molecular weight is 341 g/mol. The highest BCUT2D eigenvalue weighted by Crippen LogP contribution is 2.31. The summed E-state index contributed by atoms with van der Waals surface area (Å²) in [5, 5.41) is 11.3. The van der Waals surface area contributed by atoms with Crippen LogP contribution in [0.2, 0.25) is 0 Å². The second-order valence-electron chi connectivity index (χ2n) is 6.26. The van der Waals surface area contributed by atoms with E-state index in [4.69, 9.17) is 9.84 Å². The molecule has 5 nitrogen and oxygen atoms in total. The number of nitrogens with one attached hydrogen (secondary N) is 1. The molecule has 2 aromatic carbocycles. The molecule has 0 heterocycles. The van der Waals surface area contributed by atoms with Crippen molar-refractivity contribution in [2.45, 2.75) is 39.5 Å². The van der Waals surface area contributed by atoms with Gasteiger partial charge in [-0.05, 0) is 54.3 Å². The normalized spacial score (nSPS) is 10.6. The number of carboxylic acid groups (broad SMARTS) is 1. The molecule has 0 unspecified atom stereocenters. The molecule has 0 bridgehead atoms. The highest BCUT2D eigenvalue weighted by molar-refractivity contribution is 5.92. The van der Waals surface area contributed by atoms with E-state index in [0.29, 0.717) is 17.4 Å². The second-order valence-corrected chi connectivity index (χ2v) is 6.26. The number of carboxylic acids is 1. The first-order chi connectivity index (χ1) is 11.8. The molecule has 0 saturated carbocycles. The highest BCUT2D eigenvalue weighted by Gasteiger charge is 2.10. The molecule has 2 N–H and O–H groups in total. The van der Waals surface area contributed by atoms with E-state index in [1.54, 1.807) is 24.3 Å². The monoisotopic (exact) mass is 341 g/mol. The summed E-state index contributed by atoms with van der Waals surface area (Å²) in [5.74, 6) is 0.544. The Labute approximate surface area is 147 Å². The molecular weight excluding hydrogens is 318 g/mol. The van der Waals surface area contributed by atoms with Crippen molar-refractivity contribution >= 4 is 17.6 Å². The predicted octanol–water partition coefficient (Wildman–Crippen LogP) is 4.71. The summed E-state index contributed by atoms with van der Waals surface area (Å²) in [4.78, 5) is 22.1. The Bertz CT molecular complexity index is 751. The summed E-state index contributed by atoms with van der Waals surface area (Å²) in [6.45, 7) is 6.26. The maximum Gasteiger partial charge on any atom is 0.303 e. The van der Waals surface area contributed by atoms with Gasteiger partial charge in [-0.1, -0.05) is 26.0 Å². The van der Waals surface area contributed by atoms with E-state index in [1.165, 1.54) is 0 Å². The van der Waals surface area contributed by atoms with E-state index in [0.717, 1.165) is 16.9 Å². The van der Waals surface area contributed by atoms with Gasteiger partial charge in [0.15, 0.2) is 0 Å². The summed E-state index contributed by atoms with van der Waals surface area (Å²) in [6.07, 6.45) is -0.229. The van der Waals surface area contributed by atoms with Crippen LogP contribution in [0.15, 0.2) is 42.5 Å². The Morgan fingerprint density at radius 3 is 2.36 bits per heavy atom. The third-order valence-electron chi connectivity index (χ3n) is 3.72. The van der Waals surface area contributed by atoms with Gasteiger partial charge < -0.3 is 15.2 Å². The summed E-state index contributed by atoms with van der Waals surface area (Å²) in [7, 11) is 0. The van der Waals surface area contributed by atoms with Crippen LogP contribution in [0.25, 0.3) is 0 Å². The van der Waals surface area contributed by atoms with Gasteiger partial charge in [0.05, 0.1) is 6.42 Å². The summed E-state index contributed by atoms with van der Waals surface area (Å²) in [5.41, 5.74) is 2.87. The van der Waals surface area contributed by atoms with Crippen molar-refractivity contribution in [1.82, 2.24) is 0 Å². The van der Waals surface area contributed by atoms with Gasteiger partial charge in [-0.3, -0.25) is 9.59 Å². The fourth-order valence-electron chi connectivity index (χ4n) is 2.38. The lowest BCUT2D eigenvalue weighted by molar-refractivity contribution is -0.138. The molecular formula is C20H23NO4. The standard InChI is InChI=1S/C20H23NO4/c1-13(2)17-9-4-14(3)12-18(17)25-16-7-5-15(6-8-16)21-19(22)10-11-20(23)24/h4-9,12-13H,10-11H2,1-3H3,(H,21,22)(H,23,24). The molecule has 0 atom stereocenters. The Hall–Kier alpha value is -2.82. The van der Waals surface area contributed by atoms with Crippen LogP contribution in [0.5, 0.6) is 11.5 Å². The lowest BCUT2D eigenvalue weighted by Gasteiger charge is -2.15. The molecule has 5 heteroatoms. The molecule has 2 rings (SSSR count). The Morgan fingerprint density at radius 1 is 1.08 bits per heavy atom. The van der Waals surface area contributed by atoms with Crippen molar-refractivity contribution in [2.24, 2.45) is 0 Å². The van der Waals surface area contributed by atoms with Gasteiger partial charge >= 0.3 is 5.97 Å². The SMILES string of the molecule is Cc1ccc(C(C)C)c(Oc2ccc(NC(=O)CCC(=O)O)cc2)c1. The third kappa shape index (κ3) is 5.64. The van der Waals surface area contributed by atoms with Crippen LogP contribution < -0.4 is 10.1 Å². The van der Waals surface area contributed by atoms with Crippen molar-refractivity contribution in [3.05, 3.63) is 53.6 Å².